The molecule has 9 heteroatoms. The molecule has 37 heavy (non-hydrogen) atoms. The fourth-order valence-corrected chi connectivity index (χ4v) is 4.59. The summed E-state index contributed by atoms with van der Waals surface area (Å²) in [5.41, 5.74) is 1.73. The maximum atomic E-state index is 13.7. The molecule has 8 nitrogen and oxygen atoms in total. The van der Waals surface area contributed by atoms with Crippen molar-refractivity contribution in [2.24, 2.45) is 0 Å². The second-order valence-corrected chi connectivity index (χ2v) is 9.35. The van der Waals surface area contributed by atoms with Crippen molar-refractivity contribution in [1.29, 1.82) is 0 Å². The number of carbonyl (C=O) groups is 3. The summed E-state index contributed by atoms with van der Waals surface area (Å²) in [7, 11) is 4.64. The molecule has 3 amide bonds. The highest BCUT2D eigenvalue weighted by atomic mass is 79.9. The van der Waals surface area contributed by atoms with Crippen LogP contribution >= 0.6 is 15.9 Å². The Labute approximate surface area is 223 Å². The standard InChI is InChI=1S/C28H27BrN2O6/c1-35-22-6-4-5-19(16-22)27(33)30(14-13-18-7-12-24(36-2)25(15-18)37-3)23-17-26(32)31(28(23)34)21-10-8-20(29)9-11-21/h4-12,15-16,23H,13-14,17H2,1-3H3. The molecule has 192 valence electrons. The third kappa shape index (κ3) is 5.61. The second kappa shape index (κ2) is 11.5. The zero-order valence-corrected chi connectivity index (χ0v) is 22.4. The van der Waals surface area contributed by atoms with Gasteiger partial charge in [0.15, 0.2) is 11.5 Å². The van der Waals surface area contributed by atoms with Crippen LogP contribution in [0.5, 0.6) is 17.2 Å². The number of hydrogen-bond acceptors (Lipinski definition) is 6. The first-order chi connectivity index (χ1) is 17.9. The van der Waals surface area contributed by atoms with Crippen molar-refractivity contribution in [2.45, 2.75) is 18.9 Å². The first kappa shape index (κ1) is 26.2. The molecule has 0 N–H and O–H groups in total. The fourth-order valence-electron chi connectivity index (χ4n) is 4.33. The van der Waals surface area contributed by atoms with E-state index in [9.17, 15) is 14.4 Å². The number of imide groups is 1. The molecule has 0 aromatic heterocycles. The number of halogens is 1. The molecular formula is C28H27BrN2O6. The zero-order valence-electron chi connectivity index (χ0n) is 20.8. The quantitative estimate of drug-likeness (QED) is 0.355. The largest absolute Gasteiger partial charge is 0.497 e. The number of ether oxygens (including phenoxy) is 3. The summed E-state index contributed by atoms with van der Waals surface area (Å²) < 4.78 is 16.8. The monoisotopic (exact) mass is 566 g/mol. The summed E-state index contributed by atoms with van der Waals surface area (Å²) in [6.45, 7) is 0.212. The van der Waals surface area contributed by atoms with E-state index >= 15 is 0 Å². The summed E-state index contributed by atoms with van der Waals surface area (Å²) in [6.07, 6.45) is 0.336. The number of anilines is 1. The van der Waals surface area contributed by atoms with Crippen molar-refractivity contribution in [3.63, 3.8) is 0 Å². The molecule has 0 bridgehead atoms. The van der Waals surface area contributed by atoms with Crippen LogP contribution in [0.4, 0.5) is 5.69 Å². The van der Waals surface area contributed by atoms with Crippen molar-refractivity contribution >= 4 is 39.3 Å². The van der Waals surface area contributed by atoms with Gasteiger partial charge < -0.3 is 19.1 Å². The summed E-state index contributed by atoms with van der Waals surface area (Å²) in [6, 6.07) is 18.2. The van der Waals surface area contributed by atoms with Crippen LogP contribution in [-0.4, -0.2) is 56.5 Å². The SMILES string of the molecule is COc1cccc(C(=O)N(CCc2ccc(OC)c(OC)c2)C2CC(=O)N(c3ccc(Br)cc3)C2=O)c1. The maximum Gasteiger partial charge on any atom is 0.257 e. The van der Waals surface area contributed by atoms with Crippen LogP contribution in [0.25, 0.3) is 0 Å². The number of methoxy groups -OCH3 is 3. The Balaban J connectivity index is 1.65. The smallest absolute Gasteiger partial charge is 0.257 e. The predicted octanol–water partition coefficient (Wildman–Crippen LogP) is 4.49. The maximum absolute atomic E-state index is 13.7. The van der Waals surface area contributed by atoms with Crippen molar-refractivity contribution in [3.05, 3.63) is 82.3 Å². The number of carbonyl (C=O) groups excluding carboxylic acids is 3. The van der Waals surface area contributed by atoms with Gasteiger partial charge in [0.2, 0.25) is 5.91 Å². The van der Waals surface area contributed by atoms with E-state index in [2.05, 4.69) is 15.9 Å². The summed E-state index contributed by atoms with van der Waals surface area (Å²) in [5.74, 6) is 0.540. The molecule has 0 spiro atoms. The Morgan fingerprint density at radius 1 is 0.946 bits per heavy atom. The van der Waals surface area contributed by atoms with Gasteiger partial charge in [-0.25, -0.2) is 4.90 Å². The van der Waals surface area contributed by atoms with Crippen LogP contribution in [0.2, 0.25) is 0 Å². The number of rotatable bonds is 9. The van der Waals surface area contributed by atoms with Crippen LogP contribution in [0, 0.1) is 0 Å². The lowest BCUT2D eigenvalue weighted by Gasteiger charge is -2.28. The molecule has 3 aromatic rings. The highest BCUT2D eigenvalue weighted by molar-refractivity contribution is 9.10. The Kier molecular flexibility index (Phi) is 8.13. The van der Waals surface area contributed by atoms with Crippen LogP contribution in [-0.2, 0) is 16.0 Å². The van der Waals surface area contributed by atoms with Crippen molar-refractivity contribution in [3.8, 4) is 17.2 Å². The molecule has 1 aliphatic heterocycles. The van der Waals surface area contributed by atoms with Crippen LogP contribution in [0.3, 0.4) is 0 Å². The minimum absolute atomic E-state index is 0.101. The average molecular weight is 567 g/mol. The minimum atomic E-state index is -0.935. The summed E-state index contributed by atoms with van der Waals surface area (Å²) >= 11 is 3.37. The van der Waals surface area contributed by atoms with Gasteiger partial charge in [-0.05, 0) is 66.6 Å². The highest BCUT2D eigenvalue weighted by Crippen LogP contribution is 2.30. The molecule has 0 radical (unpaired) electrons. The summed E-state index contributed by atoms with van der Waals surface area (Å²) in [4.78, 5) is 42.9. The van der Waals surface area contributed by atoms with Crippen molar-refractivity contribution < 1.29 is 28.6 Å². The van der Waals surface area contributed by atoms with Gasteiger partial charge in [-0.15, -0.1) is 0 Å². The Morgan fingerprint density at radius 3 is 2.35 bits per heavy atom. The first-order valence-electron chi connectivity index (χ1n) is 11.6. The molecule has 1 atom stereocenters. The lowest BCUT2D eigenvalue weighted by atomic mass is 10.1. The molecule has 1 unspecified atom stereocenters. The van der Waals surface area contributed by atoms with E-state index in [1.807, 2.05) is 12.1 Å². The van der Waals surface area contributed by atoms with Crippen molar-refractivity contribution in [1.82, 2.24) is 4.90 Å². The minimum Gasteiger partial charge on any atom is -0.497 e. The third-order valence-electron chi connectivity index (χ3n) is 6.25. The van der Waals surface area contributed by atoms with E-state index in [0.717, 1.165) is 14.9 Å². The van der Waals surface area contributed by atoms with Crippen LogP contribution < -0.4 is 19.1 Å². The van der Waals surface area contributed by atoms with Gasteiger partial charge in [0.1, 0.15) is 11.8 Å². The average Bonchev–Trinajstić information content (AvgIpc) is 3.22. The van der Waals surface area contributed by atoms with Gasteiger partial charge >= 0.3 is 0 Å². The normalized spacial score (nSPS) is 15.0. The lowest BCUT2D eigenvalue weighted by molar-refractivity contribution is -0.122. The molecule has 1 saturated heterocycles. The first-order valence-corrected chi connectivity index (χ1v) is 12.4. The number of hydrogen-bond donors (Lipinski definition) is 0. The van der Waals surface area contributed by atoms with Crippen molar-refractivity contribution in [2.75, 3.05) is 32.8 Å². The number of amides is 3. The molecular weight excluding hydrogens is 540 g/mol. The Morgan fingerprint density at radius 2 is 1.68 bits per heavy atom. The van der Waals surface area contributed by atoms with Crippen LogP contribution in [0.1, 0.15) is 22.3 Å². The predicted molar refractivity (Wildman–Crippen MR) is 142 cm³/mol. The molecule has 4 rings (SSSR count). The molecule has 1 heterocycles. The lowest BCUT2D eigenvalue weighted by Crippen LogP contribution is -2.46. The van der Waals surface area contributed by atoms with E-state index in [1.54, 1.807) is 68.8 Å². The van der Waals surface area contributed by atoms with Gasteiger partial charge in [-0.1, -0.05) is 28.1 Å². The van der Waals surface area contributed by atoms with Crippen LogP contribution in [0.15, 0.2) is 71.2 Å². The number of nitrogens with zero attached hydrogens (tertiary/aromatic N) is 2. The van der Waals surface area contributed by atoms with Gasteiger partial charge in [-0.2, -0.15) is 0 Å². The van der Waals surface area contributed by atoms with Gasteiger partial charge in [0, 0.05) is 16.6 Å². The summed E-state index contributed by atoms with van der Waals surface area (Å²) in [5, 5.41) is 0. The third-order valence-corrected chi connectivity index (χ3v) is 6.78. The molecule has 1 fully saturated rings. The van der Waals surface area contributed by atoms with Gasteiger partial charge in [-0.3, -0.25) is 14.4 Å². The van der Waals surface area contributed by atoms with Gasteiger partial charge in [0.05, 0.1) is 33.4 Å². The molecule has 3 aromatic carbocycles. The van der Waals surface area contributed by atoms with E-state index in [1.165, 1.54) is 12.0 Å². The van der Waals surface area contributed by atoms with E-state index in [4.69, 9.17) is 14.2 Å². The molecule has 0 aliphatic carbocycles. The molecule has 1 aliphatic rings. The Hall–Kier alpha value is -3.85. The molecule has 0 saturated carbocycles. The highest BCUT2D eigenvalue weighted by Gasteiger charge is 2.44. The van der Waals surface area contributed by atoms with E-state index in [0.29, 0.717) is 34.9 Å². The zero-order chi connectivity index (χ0) is 26.5. The van der Waals surface area contributed by atoms with E-state index < -0.39 is 11.9 Å². The number of benzene rings is 3. The second-order valence-electron chi connectivity index (χ2n) is 8.43. The van der Waals surface area contributed by atoms with E-state index in [-0.39, 0.29) is 24.8 Å². The topological polar surface area (TPSA) is 85.4 Å². The van der Waals surface area contributed by atoms with Gasteiger partial charge in [0.25, 0.3) is 11.8 Å². The Bertz CT molecular complexity index is 1310. The fraction of sp³-hybridized carbons (Fsp3) is 0.250.